The molecule has 0 aliphatic carbocycles. The number of benzene rings is 5. The molecule has 0 aliphatic rings. The molecule has 0 N–H and O–H groups in total. The van der Waals surface area contributed by atoms with Crippen LogP contribution >= 0.6 is 0 Å². The van der Waals surface area contributed by atoms with Crippen molar-refractivity contribution in [3.05, 3.63) is 97.1 Å². The third-order valence-electron chi connectivity index (χ3n) is 7.62. The Morgan fingerprint density at radius 3 is 1.41 bits per heavy atom. The van der Waals surface area contributed by atoms with E-state index >= 15 is 0 Å². The first-order valence-corrected chi connectivity index (χ1v) is 20.2. The van der Waals surface area contributed by atoms with E-state index < -0.39 is 16.1 Å². The highest BCUT2D eigenvalue weighted by molar-refractivity contribution is 6.89. The van der Waals surface area contributed by atoms with Gasteiger partial charge >= 0.3 is 0 Å². The third kappa shape index (κ3) is 4.07. The number of hydrogen-bond acceptors (Lipinski definition) is 1. The molecule has 6 rings (SSSR count). The highest BCUT2D eigenvalue weighted by Gasteiger charge is 2.24. The molecule has 0 spiro atoms. The smallest absolute Gasteiger partial charge is 0.143 e. The Morgan fingerprint density at radius 2 is 0.892 bits per heavy atom. The molecule has 6 aromatic rings. The van der Waals surface area contributed by atoms with Crippen molar-refractivity contribution >= 4 is 59.0 Å². The predicted molar refractivity (Wildman–Crippen MR) is 168 cm³/mol. The standard InChI is InChI=1S/C34H34OSi2/c1-36(2,3)25-19-15-23(16-20-25)31-32-29-13-9-7-11-27(29)28-12-8-10-14-30(28)34(32)35-33(31)24-17-21-26(22-18-24)37(4,5)6/h7-22H,1-6H3. The van der Waals surface area contributed by atoms with Crippen LogP contribution < -0.4 is 10.4 Å². The summed E-state index contributed by atoms with van der Waals surface area (Å²) in [5, 5.41) is 9.06. The van der Waals surface area contributed by atoms with Crippen molar-refractivity contribution in [3.63, 3.8) is 0 Å². The van der Waals surface area contributed by atoms with Gasteiger partial charge in [0.2, 0.25) is 0 Å². The lowest BCUT2D eigenvalue weighted by molar-refractivity contribution is 0.636. The third-order valence-corrected chi connectivity index (χ3v) is 11.7. The number of hydrogen-bond donors (Lipinski definition) is 0. The second-order valence-electron chi connectivity index (χ2n) is 12.3. The molecule has 0 saturated carbocycles. The maximum absolute atomic E-state index is 6.90. The molecule has 0 fully saturated rings. The van der Waals surface area contributed by atoms with Gasteiger partial charge in [0, 0.05) is 21.9 Å². The van der Waals surface area contributed by atoms with E-state index in [4.69, 9.17) is 4.42 Å². The molecule has 0 aliphatic heterocycles. The molecule has 0 radical (unpaired) electrons. The zero-order valence-electron chi connectivity index (χ0n) is 22.6. The lowest BCUT2D eigenvalue weighted by atomic mass is 9.92. The van der Waals surface area contributed by atoms with E-state index in [1.165, 1.54) is 48.4 Å². The second-order valence-corrected chi connectivity index (χ2v) is 22.4. The topological polar surface area (TPSA) is 13.1 Å². The SMILES string of the molecule is C[Si](C)(C)c1ccc(-c2oc3c4ccccc4c4ccccc4c3c2-c2ccc([Si](C)(C)C)cc2)cc1. The van der Waals surface area contributed by atoms with Crippen LogP contribution in [0.1, 0.15) is 0 Å². The van der Waals surface area contributed by atoms with E-state index in [0.29, 0.717) is 0 Å². The maximum Gasteiger partial charge on any atom is 0.143 e. The molecule has 0 atom stereocenters. The Morgan fingerprint density at radius 1 is 0.459 bits per heavy atom. The van der Waals surface area contributed by atoms with Crippen LogP contribution in [0.15, 0.2) is 101 Å². The van der Waals surface area contributed by atoms with Crippen LogP contribution in [0.5, 0.6) is 0 Å². The van der Waals surface area contributed by atoms with Crippen molar-refractivity contribution in [2.45, 2.75) is 39.3 Å². The van der Waals surface area contributed by atoms with Gasteiger partial charge in [0.15, 0.2) is 0 Å². The minimum Gasteiger partial charge on any atom is -0.455 e. The largest absolute Gasteiger partial charge is 0.455 e. The first-order chi connectivity index (χ1) is 17.6. The monoisotopic (exact) mass is 514 g/mol. The molecule has 0 bridgehead atoms. The van der Waals surface area contributed by atoms with Gasteiger partial charge in [-0.25, -0.2) is 0 Å². The lowest BCUT2D eigenvalue weighted by Gasteiger charge is -2.17. The average molecular weight is 515 g/mol. The van der Waals surface area contributed by atoms with Gasteiger partial charge in [-0.05, 0) is 21.7 Å². The highest BCUT2D eigenvalue weighted by Crippen LogP contribution is 2.47. The Balaban J connectivity index is 1.72. The van der Waals surface area contributed by atoms with Gasteiger partial charge < -0.3 is 4.42 Å². The second kappa shape index (κ2) is 8.58. The van der Waals surface area contributed by atoms with Crippen LogP contribution in [0.2, 0.25) is 39.3 Å². The number of fused-ring (bicyclic) bond motifs is 6. The highest BCUT2D eigenvalue weighted by atomic mass is 28.3. The summed E-state index contributed by atoms with van der Waals surface area (Å²) in [6, 6.07) is 35.8. The van der Waals surface area contributed by atoms with E-state index in [1.54, 1.807) is 0 Å². The zero-order valence-corrected chi connectivity index (χ0v) is 24.6. The fourth-order valence-corrected chi connectivity index (χ4v) is 7.80. The van der Waals surface area contributed by atoms with Gasteiger partial charge in [0.05, 0.1) is 16.1 Å². The molecule has 184 valence electrons. The van der Waals surface area contributed by atoms with Crippen LogP contribution in [0.25, 0.3) is 55.0 Å². The minimum absolute atomic E-state index is 0.958. The van der Waals surface area contributed by atoms with E-state index in [2.05, 4.69) is 136 Å². The van der Waals surface area contributed by atoms with E-state index in [9.17, 15) is 0 Å². The van der Waals surface area contributed by atoms with Crippen LogP contribution in [0.3, 0.4) is 0 Å². The summed E-state index contributed by atoms with van der Waals surface area (Å²) in [5.41, 5.74) is 4.52. The van der Waals surface area contributed by atoms with E-state index in [0.717, 1.165) is 16.9 Å². The summed E-state index contributed by atoms with van der Waals surface area (Å²) in [4.78, 5) is 0. The normalized spacial score (nSPS) is 12.6. The Kier molecular flexibility index (Phi) is 5.55. The van der Waals surface area contributed by atoms with Gasteiger partial charge in [0.1, 0.15) is 11.3 Å². The first-order valence-electron chi connectivity index (χ1n) is 13.2. The summed E-state index contributed by atoms with van der Waals surface area (Å²) in [5.74, 6) is 0.958. The van der Waals surface area contributed by atoms with Crippen molar-refractivity contribution in [1.82, 2.24) is 0 Å². The maximum atomic E-state index is 6.90. The first kappa shape index (κ1) is 24.0. The Labute approximate surface area is 221 Å². The van der Waals surface area contributed by atoms with Crippen molar-refractivity contribution in [1.29, 1.82) is 0 Å². The average Bonchev–Trinajstić information content (AvgIpc) is 3.29. The van der Waals surface area contributed by atoms with Gasteiger partial charge in [-0.15, -0.1) is 0 Å². The molecule has 0 saturated heterocycles. The van der Waals surface area contributed by atoms with Gasteiger partial charge in [-0.2, -0.15) is 0 Å². The van der Waals surface area contributed by atoms with Crippen molar-refractivity contribution < 1.29 is 4.42 Å². The molecule has 5 aromatic carbocycles. The molecule has 1 heterocycles. The summed E-state index contributed by atoms with van der Waals surface area (Å²) < 4.78 is 6.90. The van der Waals surface area contributed by atoms with Crippen LogP contribution in [0.4, 0.5) is 0 Å². The number of rotatable bonds is 4. The summed E-state index contributed by atoms with van der Waals surface area (Å²) in [7, 11) is -2.79. The quantitative estimate of drug-likeness (QED) is 0.169. The van der Waals surface area contributed by atoms with Crippen molar-refractivity contribution in [2.24, 2.45) is 0 Å². The summed E-state index contributed by atoms with van der Waals surface area (Å²) in [6.07, 6.45) is 0. The molecule has 1 nitrogen and oxygen atoms in total. The van der Waals surface area contributed by atoms with Crippen molar-refractivity contribution in [3.8, 4) is 22.5 Å². The number of furan rings is 1. The predicted octanol–water partition coefficient (Wildman–Crippen LogP) is 9.16. The molecule has 3 heteroatoms. The Hall–Kier alpha value is -3.41. The minimum atomic E-state index is -1.40. The molecule has 0 amide bonds. The van der Waals surface area contributed by atoms with Crippen LogP contribution in [-0.2, 0) is 0 Å². The van der Waals surface area contributed by atoms with Crippen LogP contribution in [0, 0.1) is 0 Å². The molecular weight excluding hydrogens is 481 g/mol. The van der Waals surface area contributed by atoms with E-state index in [1.807, 2.05) is 0 Å². The fraction of sp³-hybridized carbons (Fsp3) is 0.176. The van der Waals surface area contributed by atoms with Gasteiger partial charge in [-0.3, -0.25) is 0 Å². The summed E-state index contributed by atoms with van der Waals surface area (Å²) >= 11 is 0. The molecule has 1 aromatic heterocycles. The zero-order chi connectivity index (χ0) is 25.9. The van der Waals surface area contributed by atoms with E-state index in [-0.39, 0.29) is 0 Å². The fourth-order valence-electron chi connectivity index (χ4n) is 5.47. The lowest BCUT2D eigenvalue weighted by Crippen LogP contribution is -2.37. The molecule has 37 heavy (non-hydrogen) atoms. The van der Waals surface area contributed by atoms with Crippen molar-refractivity contribution in [2.75, 3.05) is 0 Å². The summed E-state index contributed by atoms with van der Waals surface area (Å²) in [6.45, 7) is 14.4. The molecular formula is C34H34OSi2. The van der Waals surface area contributed by atoms with Gasteiger partial charge in [0.25, 0.3) is 0 Å². The van der Waals surface area contributed by atoms with Crippen LogP contribution in [-0.4, -0.2) is 16.1 Å². The molecule has 0 unspecified atom stereocenters. The van der Waals surface area contributed by atoms with Gasteiger partial charge in [-0.1, -0.05) is 147 Å². The Bertz CT molecular complexity index is 1760.